The Labute approximate surface area is 127 Å². The van der Waals surface area contributed by atoms with Crippen LogP contribution < -0.4 is 0 Å². The maximum absolute atomic E-state index is 12.3. The number of nitrogens with zero attached hydrogens (tertiary/aromatic N) is 2. The standard InChI is InChI=1S/C16H16N2O4/c1-11-5-3-4-6-13(11)10-17(2)16(20)12-7-8-14(18(21)22)15(19)9-12/h3-9,19H,10H2,1-2H3. The second-order valence-corrected chi connectivity index (χ2v) is 5.05. The van der Waals surface area contributed by atoms with Crippen LogP contribution >= 0.6 is 0 Å². The van der Waals surface area contributed by atoms with E-state index in [9.17, 15) is 20.0 Å². The average molecular weight is 300 g/mol. The molecule has 0 heterocycles. The van der Waals surface area contributed by atoms with E-state index in [0.717, 1.165) is 23.3 Å². The van der Waals surface area contributed by atoms with Gasteiger partial charge in [0.2, 0.25) is 0 Å². The molecular weight excluding hydrogens is 284 g/mol. The summed E-state index contributed by atoms with van der Waals surface area (Å²) in [5.41, 5.74) is 1.88. The van der Waals surface area contributed by atoms with Crippen molar-refractivity contribution in [1.82, 2.24) is 4.90 Å². The van der Waals surface area contributed by atoms with Crippen LogP contribution in [0.5, 0.6) is 5.75 Å². The fraction of sp³-hybridized carbons (Fsp3) is 0.188. The van der Waals surface area contributed by atoms with Crippen LogP contribution in [-0.4, -0.2) is 27.9 Å². The first kappa shape index (κ1) is 15.5. The molecule has 0 saturated heterocycles. The third-order valence-corrected chi connectivity index (χ3v) is 3.43. The van der Waals surface area contributed by atoms with Crippen LogP contribution in [0.15, 0.2) is 42.5 Å². The Morgan fingerprint density at radius 2 is 1.95 bits per heavy atom. The van der Waals surface area contributed by atoms with Crippen LogP contribution in [0.2, 0.25) is 0 Å². The molecule has 0 aromatic heterocycles. The van der Waals surface area contributed by atoms with E-state index in [4.69, 9.17) is 0 Å². The molecule has 114 valence electrons. The van der Waals surface area contributed by atoms with Crippen molar-refractivity contribution in [3.8, 4) is 5.75 Å². The smallest absolute Gasteiger partial charge is 0.310 e. The summed E-state index contributed by atoms with van der Waals surface area (Å²) < 4.78 is 0. The van der Waals surface area contributed by atoms with Gasteiger partial charge >= 0.3 is 5.69 Å². The highest BCUT2D eigenvalue weighted by Crippen LogP contribution is 2.26. The first-order valence-electron chi connectivity index (χ1n) is 6.67. The summed E-state index contributed by atoms with van der Waals surface area (Å²) in [4.78, 5) is 23.8. The largest absolute Gasteiger partial charge is 0.502 e. The highest BCUT2D eigenvalue weighted by Gasteiger charge is 2.18. The molecule has 0 unspecified atom stereocenters. The summed E-state index contributed by atoms with van der Waals surface area (Å²) in [5.74, 6) is -0.825. The van der Waals surface area contributed by atoms with Gasteiger partial charge in [-0.1, -0.05) is 24.3 Å². The van der Waals surface area contributed by atoms with Gasteiger partial charge in [-0.2, -0.15) is 0 Å². The lowest BCUT2D eigenvalue weighted by Gasteiger charge is -2.18. The summed E-state index contributed by atoms with van der Waals surface area (Å²) in [5, 5.41) is 20.3. The molecule has 0 fully saturated rings. The molecule has 6 nitrogen and oxygen atoms in total. The number of benzene rings is 2. The summed E-state index contributed by atoms with van der Waals surface area (Å²) in [6, 6.07) is 11.3. The molecule has 22 heavy (non-hydrogen) atoms. The third-order valence-electron chi connectivity index (χ3n) is 3.43. The highest BCUT2D eigenvalue weighted by molar-refractivity contribution is 5.94. The molecule has 0 bridgehead atoms. The molecule has 0 aliphatic carbocycles. The van der Waals surface area contributed by atoms with Crippen molar-refractivity contribution in [3.05, 3.63) is 69.3 Å². The Bertz CT molecular complexity index is 728. The quantitative estimate of drug-likeness (QED) is 0.695. The minimum absolute atomic E-state index is 0.208. The van der Waals surface area contributed by atoms with Crippen LogP contribution in [0.3, 0.4) is 0 Å². The van der Waals surface area contributed by atoms with E-state index in [1.807, 2.05) is 31.2 Å². The van der Waals surface area contributed by atoms with Crippen LogP contribution in [0.4, 0.5) is 5.69 Å². The van der Waals surface area contributed by atoms with Gasteiger partial charge in [-0.25, -0.2) is 0 Å². The lowest BCUT2D eigenvalue weighted by molar-refractivity contribution is -0.385. The number of hydrogen-bond donors (Lipinski definition) is 1. The lowest BCUT2D eigenvalue weighted by Crippen LogP contribution is -2.26. The van der Waals surface area contributed by atoms with Gasteiger partial charge in [-0.15, -0.1) is 0 Å². The highest BCUT2D eigenvalue weighted by atomic mass is 16.6. The van der Waals surface area contributed by atoms with Crippen molar-refractivity contribution in [2.45, 2.75) is 13.5 Å². The van der Waals surface area contributed by atoms with Gasteiger partial charge in [-0.05, 0) is 30.2 Å². The Morgan fingerprint density at radius 1 is 1.27 bits per heavy atom. The molecule has 1 amide bonds. The van der Waals surface area contributed by atoms with E-state index < -0.39 is 16.4 Å². The molecule has 0 spiro atoms. The van der Waals surface area contributed by atoms with Gasteiger partial charge in [0.05, 0.1) is 4.92 Å². The van der Waals surface area contributed by atoms with Crippen LogP contribution in [0, 0.1) is 17.0 Å². The van der Waals surface area contributed by atoms with Crippen molar-refractivity contribution in [3.63, 3.8) is 0 Å². The lowest BCUT2D eigenvalue weighted by atomic mass is 10.1. The molecule has 0 aliphatic heterocycles. The minimum Gasteiger partial charge on any atom is -0.502 e. The second-order valence-electron chi connectivity index (χ2n) is 5.05. The van der Waals surface area contributed by atoms with Crippen molar-refractivity contribution < 1.29 is 14.8 Å². The van der Waals surface area contributed by atoms with Gasteiger partial charge < -0.3 is 10.0 Å². The van der Waals surface area contributed by atoms with Gasteiger partial charge in [0.15, 0.2) is 5.75 Å². The number of nitro groups is 1. The van der Waals surface area contributed by atoms with Gasteiger partial charge in [0.1, 0.15) is 0 Å². The zero-order chi connectivity index (χ0) is 16.3. The van der Waals surface area contributed by atoms with Crippen LogP contribution in [-0.2, 0) is 6.54 Å². The van der Waals surface area contributed by atoms with E-state index in [-0.39, 0.29) is 11.5 Å². The van der Waals surface area contributed by atoms with E-state index in [1.165, 1.54) is 11.0 Å². The maximum atomic E-state index is 12.3. The number of phenols is 1. The van der Waals surface area contributed by atoms with E-state index in [2.05, 4.69) is 0 Å². The van der Waals surface area contributed by atoms with Crippen molar-refractivity contribution in [2.24, 2.45) is 0 Å². The Balaban J connectivity index is 2.19. The number of rotatable bonds is 4. The van der Waals surface area contributed by atoms with Gasteiger partial charge in [0, 0.05) is 25.2 Å². The first-order valence-corrected chi connectivity index (χ1v) is 6.67. The number of nitro benzene ring substituents is 1. The topological polar surface area (TPSA) is 83.7 Å². The molecule has 0 saturated carbocycles. The molecule has 2 rings (SSSR count). The Kier molecular flexibility index (Phi) is 4.41. The molecule has 0 radical (unpaired) electrons. The summed E-state index contributed by atoms with van der Waals surface area (Å²) in [7, 11) is 1.65. The van der Waals surface area contributed by atoms with E-state index >= 15 is 0 Å². The molecule has 0 atom stereocenters. The first-order chi connectivity index (χ1) is 10.4. The number of carbonyl (C=O) groups is 1. The van der Waals surface area contributed by atoms with Crippen molar-refractivity contribution in [1.29, 1.82) is 0 Å². The molecule has 6 heteroatoms. The van der Waals surface area contributed by atoms with Crippen molar-refractivity contribution >= 4 is 11.6 Å². The van der Waals surface area contributed by atoms with Crippen molar-refractivity contribution in [2.75, 3.05) is 7.05 Å². The summed E-state index contributed by atoms with van der Waals surface area (Å²) in [6.07, 6.45) is 0. The fourth-order valence-corrected chi connectivity index (χ4v) is 2.15. The minimum atomic E-state index is -0.694. The predicted octanol–water partition coefficient (Wildman–Crippen LogP) is 2.88. The zero-order valence-corrected chi connectivity index (χ0v) is 12.3. The molecular formula is C16H16N2O4. The number of amides is 1. The second kappa shape index (κ2) is 6.26. The van der Waals surface area contributed by atoms with Crippen LogP contribution in [0.1, 0.15) is 21.5 Å². The summed E-state index contributed by atoms with van der Waals surface area (Å²) in [6.45, 7) is 2.38. The predicted molar refractivity (Wildman–Crippen MR) is 81.7 cm³/mol. The van der Waals surface area contributed by atoms with E-state index in [0.29, 0.717) is 6.54 Å². The molecule has 2 aromatic carbocycles. The van der Waals surface area contributed by atoms with Crippen LogP contribution in [0.25, 0.3) is 0 Å². The SMILES string of the molecule is Cc1ccccc1CN(C)C(=O)c1ccc([N+](=O)[O-])c(O)c1. The number of phenolic OH excluding ortho intramolecular Hbond substituents is 1. The number of carbonyl (C=O) groups excluding carboxylic acids is 1. The third kappa shape index (κ3) is 3.22. The number of aromatic hydroxyl groups is 1. The number of aryl methyl sites for hydroxylation is 1. The fourth-order valence-electron chi connectivity index (χ4n) is 2.15. The monoisotopic (exact) mass is 300 g/mol. The summed E-state index contributed by atoms with van der Waals surface area (Å²) >= 11 is 0. The maximum Gasteiger partial charge on any atom is 0.310 e. The van der Waals surface area contributed by atoms with E-state index in [1.54, 1.807) is 7.05 Å². The molecule has 2 aromatic rings. The van der Waals surface area contributed by atoms with Gasteiger partial charge in [0.25, 0.3) is 5.91 Å². The Morgan fingerprint density at radius 3 is 2.55 bits per heavy atom. The molecule has 0 aliphatic rings. The normalized spacial score (nSPS) is 10.3. The molecule has 1 N–H and O–H groups in total. The zero-order valence-electron chi connectivity index (χ0n) is 12.3. The van der Waals surface area contributed by atoms with Gasteiger partial charge in [-0.3, -0.25) is 14.9 Å². The number of hydrogen-bond acceptors (Lipinski definition) is 4. The average Bonchev–Trinajstić information content (AvgIpc) is 2.48. The Hall–Kier alpha value is -2.89.